The van der Waals surface area contributed by atoms with Crippen LogP contribution in [0.3, 0.4) is 0 Å². The second-order valence-corrected chi connectivity index (χ2v) is 6.30. The van der Waals surface area contributed by atoms with Gasteiger partial charge in [0.1, 0.15) is 24.9 Å². The molecule has 0 aliphatic carbocycles. The number of carbonyl (C=O) groups is 1. The molecule has 0 N–H and O–H groups in total. The highest BCUT2D eigenvalue weighted by molar-refractivity contribution is 5.89. The van der Waals surface area contributed by atoms with E-state index >= 15 is 0 Å². The molecule has 21 heavy (non-hydrogen) atoms. The molecule has 0 bridgehead atoms. The average molecular weight is 292 g/mol. The molecule has 114 valence electrons. The SMILES string of the molecule is CC(C)(C)OC1O[C@H](COC(=O)c2ccccc2)[C@H]2O[C@@H]12. The van der Waals surface area contributed by atoms with Crippen molar-refractivity contribution in [2.24, 2.45) is 0 Å². The standard InChI is InChI=1S/C16H20O5/c1-16(2,3)21-15-13-12(20-13)11(19-15)9-18-14(17)10-7-5-4-6-8-10/h4-8,11-13,15H,9H2,1-3H3/t11-,12-,13-,15?/m1/s1. The lowest BCUT2D eigenvalue weighted by Gasteiger charge is -2.26. The molecule has 2 aliphatic heterocycles. The lowest BCUT2D eigenvalue weighted by Crippen LogP contribution is -2.33. The van der Waals surface area contributed by atoms with Crippen molar-refractivity contribution >= 4 is 5.97 Å². The number of ether oxygens (including phenoxy) is 4. The molecule has 0 radical (unpaired) electrons. The highest BCUT2D eigenvalue weighted by Crippen LogP contribution is 2.41. The zero-order valence-corrected chi connectivity index (χ0v) is 12.4. The predicted octanol–water partition coefficient (Wildman–Crippen LogP) is 2.15. The number of hydrogen-bond acceptors (Lipinski definition) is 5. The van der Waals surface area contributed by atoms with Crippen LogP contribution in [0.5, 0.6) is 0 Å². The highest BCUT2D eigenvalue weighted by atomic mass is 16.8. The summed E-state index contributed by atoms with van der Waals surface area (Å²) in [4.78, 5) is 11.9. The van der Waals surface area contributed by atoms with Crippen LogP contribution in [-0.2, 0) is 18.9 Å². The summed E-state index contributed by atoms with van der Waals surface area (Å²) >= 11 is 0. The van der Waals surface area contributed by atoms with Crippen molar-refractivity contribution in [2.75, 3.05) is 6.61 Å². The molecule has 3 rings (SSSR count). The maximum Gasteiger partial charge on any atom is 0.338 e. The first-order chi connectivity index (χ1) is 9.94. The van der Waals surface area contributed by atoms with Crippen molar-refractivity contribution in [3.8, 4) is 0 Å². The third-order valence-electron chi connectivity index (χ3n) is 3.36. The molecule has 1 aromatic carbocycles. The quantitative estimate of drug-likeness (QED) is 0.628. The number of epoxide rings is 1. The van der Waals surface area contributed by atoms with Gasteiger partial charge in [-0.25, -0.2) is 4.79 Å². The van der Waals surface area contributed by atoms with Gasteiger partial charge in [0.2, 0.25) is 0 Å². The maximum absolute atomic E-state index is 11.9. The molecule has 0 spiro atoms. The molecular weight excluding hydrogens is 272 g/mol. The molecule has 0 amide bonds. The van der Waals surface area contributed by atoms with Crippen LogP contribution in [-0.4, -0.2) is 42.8 Å². The summed E-state index contributed by atoms with van der Waals surface area (Å²) in [7, 11) is 0. The number of rotatable bonds is 4. The Hall–Kier alpha value is -1.43. The van der Waals surface area contributed by atoms with E-state index in [2.05, 4.69) is 0 Å². The molecule has 1 aromatic rings. The molecule has 2 saturated heterocycles. The fourth-order valence-electron chi connectivity index (χ4n) is 2.37. The number of fused-ring (bicyclic) bond motifs is 1. The van der Waals surface area contributed by atoms with Crippen LogP contribution in [0.4, 0.5) is 0 Å². The smallest absolute Gasteiger partial charge is 0.338 e. The average Bonchev–Trinajstić information content (AvgIpc) is 3.16. The van der Waals surface area contributed by atoms with Gasteiger partial charge in [0.25, 0.3) is 0 Å². The van der Waals surface area contributed by atoms with E-state index in [4.69, 9.17) is 18.9 Å². The number of carbonyl (C=O) groups excluding carboxylic acids is 1. The van der Waals surface area contributed by atoms with Crippen molar-refractivity contribution in [1.29, 1.82) is 0 Å². The molecule has 2 heterocycles. The Balaban J connectivity index is 1.50. The van der Waals surface area contributed by atoms with E-state index in [1.807, 2.05) is 26.8 Å². The monoisotopic (exact) mass is 292 g/mol. The molecule has 4 atom stereocenters. The van der Waals surface area contributed by atoms with Crippen LogP contribution in [0.2, 0.25) is 0 Å². The Kier molecular flexibility index (Phi) is 3.73. The van der Waals surface area contributed by atoms with Gasteiger partial charge >= 0.3 is 5.97 Å². The molecule has 0 saturated carbocycles. The number of hydrogen-bond donors (Lipinski definition) is 0. The van der Waals surface area contributed by atoms with Gasteiger partial charge in [-0.3, -0.25) is 0 Å². The zero-order chi connectivity index (χ0) is 15.0. The Morgan fingerprint density at radius 1 is 1.14 bits per heavy atom. The molecule has 2 fully saturated rings. The van der Waals surface area contributed by atoms with Crippen LogP contribution < -0.4 is 0 Å². The van der Waals surface area contributed by atoms with E-state index in [0.717, 1.165) is 0 Å². The van der Waals surface area contributed by atoms with Gasteiger partial charge in [-0.05, 0) is 32.9 Å². The van der Waals surface area contributed by atoms with Crippen LogP contribution in [0, 0.1) is 0 Å². The third kappa shape index (κ3) is 3.43. The first-order valence-electron chi connectivity index (χ1n) is 7.15. The molecule has 5 heteroatoms. The van der Waals surface area contributed by atoms with Crippen LogP contribution in [0.15, 0.2) is 30.3 Å². The summed E-state index contributed by atoms with van der Waals surface area (Å²) in [6.07, 6.45) is -0.698. The molecule has 2 aliphatic rings. The van der Waals surface area contributed by atoms with E-state index in [1.54, 1.807) is 24.3 Å². The normalized spacial score (nSPS) is 30.8. The summed E-state index contributed by atoms with van der Waals surface area (Å²) in [6.45, 7) is 6.09. The fourth-order valence-corrected chi connectivity index (χ4v) is 2.37. The van der Waals surface area contributed by atoms with Crippen LogP contribution in [0.25, 0.3) is 0 Å². The van der Waals surface area contributed by atoms with Gasteiger partial charge in [0.15, 0.2) is 6.29 Å². The highest BCUT2D eigenvalue weighted by Gasteiger charge is 2.59. The van der Waals surface area contributed by atoms with Crippen molar-refractivity contribution in [2.45, 2.75) is 51.0 Å². The molecule has 1 unspecified atom stereocenters. The zero-order valence-electron chi connectivity index (χ0n) is 12.4. The van der Waals surface area contributed by atoms with E-state index < -0.39 is 0 Å². The molecule has 0 aromatic heterocycles. The Labute approximate surface area is 124 Å². The Morgan fingerprint density at radius 2 is 1.86 bits per heavy atom. The second-order valence-electron chi connectivity index (χ2n) is 6.30. The largest absolute Gasteiger partial charge is 0.459 e. The summed E-state index contributed by atoms with van der Waals surface area (Å²) in [6, 6.07) is 8.90. The first kappa shape index (κ1) is 14.5. The van der Waals surface area contributed by atoms with Crippen molar-refractivity contribution in [3.05, 3.63) is 35.9 Å². The third-order valence-corrected chi connectivity index (χ3v) is 3.36. The van der Waals surface area contributed by atoms with Gasteiger partial charge < -0.3 is 18.9 Å². The lowest BCUT2D eigenvalue weighted by molar-refractivity contribution is -0.220. The van der Waals surface area contributed by atoms with E-state index in [0.29, 0.717) is 5.56 Å². The van der Waals surface area contributed by atoms with Crippen LogP contribution in [0.1, 0.15) is 31.1 Å². The summed E-state index contributed by atoms with van der Waals surface area (Å²) in [5.41, 5.74) is 0.239. The topological polar surface area (TPSA) is 57.3 Å². The van der Waals surface area contributed by atoms with E-state index in [-0.39, 0.29) is 42.8 Å². The molecule has 5 nitrogen and oxygen atoms in total. The number of benzene rings is 1. The Bertz CT molecular complexity index is 507. The summed E-state index contributed by atoms with van der Waals surface area (Å²) < 4.78 is 22.4. The van der Waals surface area contributed by atoms with Gasteiger partial charge in [-0.15, -0.1) is 0 Å². The Morgan fingerprint density at radius 3 is 2.52 bits per heavy atom. The maximum atomic E-state index is 11.9. The second kappa shape index (κ2) is 5.40. The van der Waals surface area contributed by atoms with Crippen molar-refractivity contribution in [1.82, 2.24) is 0 Å². The minimum absolute atomic E-state index is 0.0269. The lowest BCUT2D eigenvalue weighted by atomic mass is 10.2. The van der Waals surface area contributed by atoms with Gasteiger partial charge in [0, 0.05) is 0 Å². The number of esters is 1. The van der Waals surface area contributed by atoms with Gasteiger partial charge in [-0.1, -0.05) is 18.2 Å². The minimum Gasteiger partial charge on any atom is -0.459 e. The van der Waals surface area contributed by atoms with Crippen molar-refractivity contribution in [3.63, 3.8) is 0 Å². The molecular formula is C16H20O5. The summed E-state index contributed by atoms with van der Waals surface area (Å²) in [5.74, 6) is -0.350. The van der Waals surface area contributed by atoms with Gasteiger partial charge in [0.05, 0.1) is 11.2 Å². The van der Waals surface area contributed by atoms with Crippen LogP contribution >= 0.6 is 0 Å². The fraction of sp³-hybridized carbons (Fsp3) is 0.562. The van der Waals surface area contributed by atoms with E-state index in [9.17, 15) is 4.79 Å². The van der Waals surface area contributed by atoms with E-state index in [1.165, 1.54) is 0 Å². The predicted molar refractivity (Wildman–Crippen MR) is 74.9 cm³/mol. The van der Waals surface area contributed by atoms with Crippen molar-refractivity contribution < 1.29 is 23.7 Å². The van der Waals surface area contributed by atoms with Gasteiger partial charge in [-0.2, -0.15) is 0 Å². The summed E-state index contributed by atoms with van der Waals surface area (Å²) in [5, 5.41) is 0. The minimum atomic E-state index is -0.379. The first-order valence-corrected chi connectivity index (χ1v) is 7.15.